The first kappa shape index (κ1) is 15.0. The Morgan fingerprint density at radius 2 is 1.26 bits per heavy atom. The Morgan fingerprint density at radius 1 is 0.842 bits per heavy atom. The number of hydrogen-bond acceptors (Lipinski definition) is 3. The molecule has 19 heavy (non-hydrogen) atoms. The molecule has 2 aromatic rings. The lowest BCUT2D eigenvalue weighted by atomic mass is 10.1. The second-order valence-corrected chi connectivity index (χ2v) is 4.73. The maximum atomic E-state index is 9.04. The summed E-state index contributed by atoms with van der Waals surface area (Å²) in [6.45, 7) is 0. The second kappa shape index (κ2) is 8.11. The van der Waals surface area contributed by atoms with Gasteiger partial charge in [0.1, 0.15) is 10.7 Å². The van der Waals surface area contributed by atoms with Crippen molar-refractivity contribution in [3.8, 4) is 0 Å². The van der Waals surface area contributed by atoms with E-state index in [4.69, 9.17) is 14.2 Å². The Morgan fingerprint density at radius 3 is 1.74 bits per heavy atom. The zero-order valence-electron chi connectivity index (χ0n) is 10.7. The molecule has 2 rings (SSSR count). The van der Waals surface area contributed by atoms with Crippen LogP contribution in [-0.2, 0) is 10.7 Å². The maximum absolute atomic E-state index is 9.04. The van der Waals surface area contributed by atoms with Gasteiger partial charge in [0.15, 0.2) is 0 Å². The van der Waals surface area contributed by atoms with Crippen LogP contribution in [0.25, 0.3) is 12.2 Å². The molecule has 0 aromatic heterocycles. The molecule has 0 unspecified atom stereocenters. The topological polar surface area (TPSA) is 60.2 Å². The van der Waals surface area contributed by atoms with Crippen LogP contribution in [0.1, 0.15) is 11.1 Å². The third-order valence-electron chi connectivity index (χ3n) is 2.20. The van der Waals surface area contributed by atoms with E-state index in [0.717, 1.165) is 17.5 Å². The molecule has 0 aliphatic heterocycles. The first-order valence-electron chi connectivity index (χ1n) is 5.74. The third kappa shape index (κ3) is 7.06. The standard InChI is InChI=1S/C14H13N.CH4O2S/c15-14-10-8-13(9-11-14)7-6-12-4-2-1-3-5-12;1-4(2)3/h1-11H,15H2;4H,1H3. The number of nitrogens with two attached hydrogens (primary N) is 1. The van der Waals surface area contributed by atoms with Crippen molar-refractivity contribution in [2.45, 2.75) is 0 Å². The highest BCUT2D eigenvalue weighted by Crippen LogP contribution is 2.10. The molecule has 0 spiro atoms. The van der Waals surface area contributed by atoms with E-state index in [9.17, 15) is 0 Å². The van der Waals surface area contributed by atoms with Crippen LogP contribution in [0.3, 0.4) is 0 Å². The van der Waals surface area contributed by atoms with Gasteiger partial charge in [-0.3, -0.25) is 0 Å². The van der Waals surface area contributed by atoms with Gasteiger partial charge >= 0.3 is 0 Å². The lowest BCUT2D eigenvalue weighted by molar-refractivity contribution is 0.619. The highest BCUT2D eigenvalue weighted by molar-refractivity contribution is 7.71. The summed E-state index contributed by atoms with van der Waals surface area (Å²) >= 11 is 0. The SMILES string of the molecule is C[SH](=O)=O.Nc1ccc(C=Cc2ccccc2)cc1. The molecule has 0 saturated heterocycles. The van der Waals surface area contributed by atoms with Crippen molar-refractivity contribution in [3.05, 3.63) is 65.7 Å². The molecule has 2 aromatic carbocycles. The largest absolute Gasteiger partial charge is 0.399 e. The monoisotopic (exact) mass is 275 g/mol. The highest BCUT2D eigenvalue weighted by atomic mass is 32.2. The van der Waals surface area contributed by atoms with Crippen LogP contribution in [0.5, 0.6) is 0 Å². The smallest absolute Gasteiger partial charge is 0.137 e. The van der Waals surface area contributed by atoms with Gasteiger partial charge in [-0.2, -0.15) is 0 Å². The van der Waals surface area contributed by atoms with Crippen LogP contribution in [0.2, 0.25) is 0 Å². The molecule has 100 valence electrons. The van der Waals surface area contributed by atoms with Crippen molar-refractivity contribution in [1.82, 2.24) is 0 Å². The molecular weight excluding hydrogens is 258 g/mol. The summed E-state index contributed by atoms with van der Waals surface area (Å²) in [4.78, 5) is 0. The van der Waals surface area contributed by atoms with Crippen molar-refractivity contribution in [1.29, 1.82) is 0 Å². The highest BCUT2D eigenvalue weighted by Gasteiger charge is 1.87. The number of rotatable bonds is 2. The van der Waals surface area contributed by atoms with Gasteiger partial charge in [0.2, 0.25) is 0 Å². The quantitative estimate of drug-likeness (QED) is 0.503. The molecule has 0 aliphatic rings. The van der Waals surface area contributed by atoms with Gasteiger partial charge in [-0.05, 0) is 23.3 Å². The van der Waals surface area contributed by atoms with Crippen molar-refractivity contribution in [2.24, 2.45) is 0 Å². The third-order valence-corrected chi connectivity index (χ3v) is 2.20. The first-order chi connectivity index (χ1) is 9.08. The zero-order chi connectivity index (χ0) is 14.1. The Balaban J connectivity index is 0.000000399. The molecule has 0 aliphatic carbocycles. The van der Waals surface area contributed by atoms with E-state index in [2.05, 4.69) is 24.3 Å². The first-order valence-corrected chi connectivity index (χ1v) is 7.37. The number of anilines is 1. The van der Waals surface area contributed by atoms with Crippen molar-refractivity contribution >= 4 is 28.5 Å². The predicted molar refractivity (Wildman–Crippen MR) is 82.5 cm³/mol. The molecule has 0 saturated carbocycles. The van der Waals surface area contributed by atoms with Crippen molar-refractivity contribution in [3.63, 3.8) is 0 Å². The van der Waals surface area contributed by atoms with E-state index in [1.54, 1.807) is 0 Å². The molecular formula is C15H17NO2S. The Kier molecular flexibility index (Phi) is 6.39. The summed E-state index contributed by atoms with van der Waals surface area (Å²) in [5, 5.41) is 0. The number of hydrogen-bond donors (Lipinski definition) is 2. The van der Waals surface area contributed by atoms with E-state index in [-0.39, 0.29) is 0 Å². The second-order valence-electron chi connectivity index (χ2n) is 3.85. The number of thiol groups is 1. The molecule has 0 atom stereocenters. The van der Waals surface area contributed by atoms with E-state index in [1.165, 1.54) is 5.56 Å². The van der Waals surface area contributed by atoms with Gasteiger partial charge in [0, 0.05) is 11.9 Å². The Labute approximate surface area is 115 Å². The van der Waals surface area contributed by atoms with Gasteiger partial charge in [-0.25, -0.2) is 8.42 Å². The summed E-state index contributed by atoms with van der Waals surface area (Å²) < 4.78 is 18.1. The average molecular weight is 275 g/mol. The lowest BCUT2D eigenvalue weighted by Gasteiger charge is -1.95. The molecule has 4 heteroatoms. The van der Waals surface area contributed by atoms with Gasteiger partial charge in [-0.1, -0.05) is 54.6 Å². The van der Waals surface area contributed by atoms with Gasteiger partial charge < -0.3 is 5.73 Å². The van der Waals surface area contributed by atoms with Crippen LogP contribution in [0, 0.1) is 0 Å². The molecule has 3 nitrogen and oxygen atoms in total. The lowest BCUT2D eigenvalue weighted by Crippen LogP contribution is -1.82. The summed E-state index contributed by atoms with van der Waals surface area (Å²) in [6, 6.07) is 18.1. The zero-order valence-corrected chi connectivity index (χ0v) is 11.6. The molecule has 0 amide bonds. The van der Waals surface area contributed by atoms with Crippen LogP contribution in [0.4, 0.5) is 5.69 Å². The van der Waals surface area contributed by atoms with Gasteiger partial charge in [0.05, 0.1) is 0 Å². The Bertz CT molecular complexity index is 579. The van der Waals surface area contributed by atoms with Crippen molar-refractivity contribution < 1.29 is 8.42 Å². The fourth-order valence-electron chi connectivity index (χ4n) is 1.36. The predicted octanol–water partition coefficient (Wildman–Crippen LogP) is 2.67. The van der Waals surface area contributed by atoms with Gasteiger partial charge in [-0.15, -0.1) is 0 Å². The summed E-state index contributed by atoms with van der Waals surface area (Å²) in [5.74, 6) is 0. The molecule has 2 N–H and O–H groups in total. The fourth-order valence-corrected chi connectivity index (χ4v) is 1.36. The van der Waals surface area contributed by atoms with Gasteiger partial charge in [0.25, 0.3) is 0 Å². The van der Waals surface area contributed by atoms with Crippen LogP contribution >= 0.6 is 0 Å². The van der Waals surface area contributed by atoms with Crippen LogP contribution in [0.15, 0.2) is 54.6 Å². The fraction of sp³-hybridized carbons (Fsp3) is 0.0667. The van der Waals surface area contributed by atoms with Crippen LogP contribution in [-0.4, -0.2) is 14.7 Å². The summed E-state index contributed by atoms with van der Waals surface area (Å²) in [6.07, 6.45) is 5.29. The minimum Gasteiger partial charge on any atom is -0.399 e. The molecule has 0 heterocycles. The van der Waals surface area contributed by atoms with Crippen molar-refractivity contribution in [2.75, 3.05) is 12.0 Å². The molecule has 0 fully saturated rings. The summed E-state index contributed by atoms with van der Waals surface area (Å²) in [7, 11) is -2.12. The normalized spacial score (nSPS) is 10.2. The van der Waals surface area contributed by atoms with E-state index < -0.39 is 10.7 Å². The van der Waals surface area contributed by atoms with E-state index in [1.807, 2.05) is 42.5 Å². The number of benzene rings is 2. The molecule has 0 radical (unpaired) electrons. The van der Waals surface area contributed by atoms with E-state index >= 15 is 0 Å². The Hall–Kier alpha value is -2.07. The van der Waals surface area contributed by atoms with Crippen LogP contribution < -0.4 is 5.73 Å². The minimum atomic E-state index is -2.12. The molecule has 0 bridgehead atoms. The maximum Gasteiger partial charge on any atom is 0.137 e. The van der Waals surface area contributed by atoms with E-state index in [0.29, 0.717) is 0 Å². The number of nitrogen functional groups attached to an aromatic ring is 1. The average Bonchev–Trinajstić information content (AvgIpc) is 2.39. The summed E-state index contributed by atoms with van der Waals surface area (Å²) in [5.41, 5.74) is 8.77. The minimum absolute atomic E-state index is 0.798.